The van der Waals surface area contributed by atoms with Crippen LogP contribution in [0.4, 0.5) is 11.5 Å². The number of amides is 9. The van der Waals surface area contributed by atoms with Crippen molar-refractivity contribution in [2.45, 2.75) is 121 Å². The predicted octanol–water partition coefficient (Wildman–Crippen LogP) is 3.93. The van der Waals surface area contributed by atoms with E-state index in [-0.39, 0.29) is 133 Å². The zero-order valence-corrected chi connectivity index (χ0v) is 48.6. The van der Waals surface area contributed by atoms with Gasteiger partial charge >= 0.3 is 0 Å². The molecule has 2 aromatic heterocycles. The molecule has 0 spiro atoms. The van der Waals surface area contributed by atoms with Gasteiger partial charge in [-0.25, -0.2) is 9.97 Å². The summed E-state index contributed by atoms with van der Waals surface area (Å²) in [4.78, 5) is 159. The number of unbranched alkanes of at least 4 members (excludes halogenated alkanes) is 4. The zero-order valence-electron chi connectivity index (χ0n) is 48.6. The minimum absolute atomic E-state index is 0.00632. The molecule has 24 heteroatoms. The van der Waals surface area contributed by atoms with Crippen molar-refractivity contribution in [1.82, 2.24) is 46.0 Å². The van der Waals surface area contributed by atoms with E-state index in [9.17, 15) is 52.7 Å². The smallest absolute Gasteiger partial charge is 0.266 e. The Morgan fingerprint density at radius 1 is 0.793 bits per heavy atom. The normalized spacial score (nSPS) is 18.8. The van der Waals surface area contributed by atoms with Gasteiger partial charge in [-0.3, -0.25) is 72.8 Å². The molecule has 2 aromatic carbocycles. The average molecular weight is 1190 g/mol. The van der Waals surface area contributed by atoms with Gasteiger partial charge in [0.25, 0.3) is 23.6 Å². The number of morpholine rings is 1. The lowest BCUT2D eigenvalue weighted by Crippen LogP contribution is -2.54. The van der Waals surface area contributed by atoms with Gasteiger partial charge in [0, 0.05) is 106 Å². The topological polar surface area (TPSA) is 329 Å². The number of imide groups is 3. The van der Waals surface area contributed by atoms with Crippen LogP contribution in [0.5, 0.6) is 5.75 Å². The monoisotopic (exact) mass is 1190 g/mol. The van der Waals surface area contributed by atoms with E-state index in [1.54, 1.807) is 12.4 Å². The Hall–Kier alpha value is -9.06. The molecule has 0 radical (unpaired) electrons. The summed E-state index contributed by atoms with van der Waals surface area (Å²) in [5.74, 6) is -4.45. The molecule has 24 nitrogen and oxygen atoms in total. The van der Waals surface area contributed by atoms with Crippen molar-refractivity contribution in [3.05, 3.63) is 107 Å². The Labute approximate surface area is 503 Å². The Balaban J connectivity index is 0.734. The first kappa shape index (κ1) is 62.5. The molecule has 4 aliphatic heterocycles. The lowest BCUT2D eigenvalue weighted by Gasteiger charge is -2.30. The summed E-state index contributed by atoms with van der Waals surface area (Å²) in [7, 11) is 0. The molecule has 0 bridgehead atoms. The SMILES string of the molecule is Nc1ncc(-c2ccc(CCNC(=O)[C@H](CCCCCC(=O)COc3cccc4c3C(=O)N(C3CCC(=O)NC3=O)C4=O)NC(=O)CCCCCNC(=O)C3CCC(CN4C(=O)C=CC4=O)CC3)cc2)nc1C(=O)Cc1cnccc1N1CCOCC1. The fourth-order valence-corrected chi connectivity index (χ4v) is 11.6. The number of rotatable bonds is 29. The van der Waals surface area contributed by atoms with Crippen LogP contribution in [0.1, 0.15) is 139 Å². The number of nitrogen functional groups attached to an aromatic ring is 1. The number of anilines is 2. The number of nitrogens with one attached hydrogen (secondary N) is 4. The van der Waals surface area contributed by atoms with Crippen molar-refractivity contribution in [2.24, 2.45) is 11.8 Å². The van der Waals surface area contributed by atoms with Gasteiger partial charge in [-0.15, -0.1) is 0 Å². The minimum Gasteiger partial charge on any atom is -0.485 e. The summed E-state index contributed by atoms with van der Waals surface area (Å²) >= 11 is 0. The molecule has 3 fully saturated rings. The van der Waals surface area contributed by atoms with E-state index >= 15 is 0 Å². The van der Waals surface area contributed by atoms with Crippen molar-refractivity contribution >= 4 is 76.2 Å². The van der Waals surface area contributed by atoms with Crippen molar-refractivity contribution in [3.8, 4) is 17.0 Å². The van der Waals surface area contributed by atoms with Gasteiger partial charge in [0.2, 0.25) is 29.5 Å². The number of piperidine rings is 1. The molecule has 6 heterocycles. The van der Waals surface area contributed by atoms with Crippen molar-refractivity contribution in [1.29, 1.82) is 0 Å². The van der Waals surface area contributed by atoms with Gasteiger partial charge in [0.15, 0.2) is 17.4 Å². The molecule has 1 aliphatic carbocycles. The molecule has 6 N–H and O–H groups in total. The molecular weight excluding hydrogens is 1120 g/mol. The summed E-state index contributed by atoms with van der Waals surface area (Å²) < 4.78 is 11.3. The molecule has 5 aliphatic rings. The molecular formula is C63H73N11O13. The van der Waals surface area contributed by atoms with Crippen molar-refractivity contribution in [2.75, 3.05) is 63.2 Å². The molecule has 1 saturated carbocycles. The van der Waals surface area contributed by atoms with Crippen LogP contribution in [0.3, 0.4) is 0 Å². The van der Waals surface area contributed by atoms with E-state index < -0.39 is 35.7 Å². The lowest BCUT2D eigenvalue weighted by molar-refractivity contribution is -0.138. The van der Waals surface area contributed by atoms with E-state index in [1.807, 2.05) is 30.3 Å². The highest BCUT2D eigenvalue weighted by Crippen LogP contribution is 2.35. The Bertz CT molecular complexity index is 3280. The number of hydrogen-bond acceptors (Lipinski definition) is 18. The number of ketones is 2. The zero-order chi connectivity index (χ0) is 61.4. The first-order valence-corrected chi connectivity index (χ1v) is 30.0. The number of Topliss-reactive ketones (excluding diaryl/α,β-unsaturated/α-hetero) is 2. The fourth-order valence-electron chi connectivity index (χ4n) is 11.6. The highest BCUT2D eigenvalue weighted by molar-refractivity contribution is 6.24. The second-order valence-electron chi connectivity index (χ2n) is 22.5. The molecule has 87 heavy (non-hydrogen) atoms. The van der Waals surface area contributed by atoms with Crippen LogP contribution >= 0.6 is 0 Å². The third-order valence-corrected chi connectivity index (χ3v) is 16.5. The number of ether oxygens (including phenoxy) is 2. The maximum atomic E-state index is 13.8. The Kier molecular flexibility index (Phi) is 21.4. The number of nitrogens with two attached hydrogens (primary N) is 1. The standard InChI is InChI=1S/C63H73N11O13/c64-58-57(50(76)34-43-35-65-28-26-48(43)72-30-32-86-33-31-72)70-47(36-68-58)41-17-13-39(14-18-41)25-29-67-60(82)46(69-52(77)12-5-2-6-27-66-59(81)42-19-15-40(16-20-42)37-73-54(79)23-24-55(73)80)10-4-1-3-8-44(75)38-87-51-11-7-9-45-56(51)63(85)74(62(45)84)49-21-22-53(78)71-61(49)83/h7,9,11,13-14,17-18,23-24,26,28,35-36,40,42,46,49H,1-6,8,10,12,15-16,19-22,25,27,29-34,37-38H2,(H2,64,68)(H,66,81)(H,67,82)(H,69,77)(H,71,78,83)/t40?,42?,46-,49?/m0/s1. The Morgan fingerprint density at radius 2 is 1.54 bits per heavy atom. The highest BCUT2D eigenvalue weighted by Gasteiger charge is 2.46. The quantitative estimate of drug-likeness (QED) is 0.0292. The lowest BCUT2D eigenvalue weighted by atomic mass is 9.81. The first-order chi connectivity index (χ1) is 42.1. The van der Waals surface area contributed by atoms with Crippen molar-refractivity contribution in [3.63, 3.8) is 0 Å². The van der Waals surface area contributed by atoms with Gasteiger partial charge in [-0.1, -0.05) is 49.6 Å². The third-order valence-electron chi connectivity index (χ3n) is 16.5. The largest absolute Gasteiger partial charge is 0.485 e. The van der Waals surface area contributed by atoms with Crippen LogP contribution in [-0.2, 0) is 55.9 Å². The number of benzene rings is 2. The van der Waals surface area contributed by atoms with Crippen LogP contribution in [-0.4, -0.2) is 154 Å². The van der Waals surface area contributed by atoms with Gasteiger partial charge in [-0.05, 0) is 93.9 Å². The van der Waals surface area contributed by atoms with Gasteiger partial charge in [-0.2, -0.15) is 0 Å². The molecule has 4 aromatic rings. The Morgan fingerprint density at radius 3 is 2.30 bits per heavy atom. The van der Waals surface area contributed by atoms with Gasteiger partial charge in [0.05, 0.1) is 36.2 Å². The van der Waals surface area contributed by atoms with E-state index in [0.717, 1.165) is 34.6 Å². The second kappa shape index (κ2) is 29.8. The van der Waals surface area contributed by atoms with Crippen LogP contribution < -0.4 is 36.6 Å². The molecule has 9 rings (SSSR count). The van der Waals surface area contributed by atoms with Crippen molar-refractivity contribution < 1.29 is 62.2 Å². The summed E-state index contributed by atoms with van der Waals surface area (Å²) in [6.45, 7) is 3.26. The maximum absolute atomic E-state index is 13.8. The number of nitrogens with zero attached hydrogens (tertiary/aromatic N) is 6. The summed E-state index contributed by atoms with van der Waals surface area (Å²) in [6.07, 6.45) is 14.6. The third kappa shape index (κ3) is 16.3. The number of carbonyl (C=O) groups is 11. The molecule has 2 saturated heterocycles. The van der Waals surface area contributed by atoms with Gasteiger partial charge in [0.1, 0.15) is 30.1 Å². The van der Waals surface area contributed by atoms with Crippen LogP contribution in [0.2, 0.25) is 0 Å². The van der Waals surface area contributed by atoms with Crippen LogP contribution in [0.25, 0.3) is 11.3 Å². The van der Waals surface area contributed by atoms with Gasteiger partial charge < -0.3 is 36.1 Å². The molecule has 458 valence electrons. The van der Waals surface area contributed by atoms with Crippen LogP contribution in [0.15, 0.2) is 79.3 Å². The summed E-state index contributed by atoms with van der Waals surface area (Å²) in [6, 6.07) is 11.8. The number of carbonyl (C=O) groups excluding carboxylic acids is 11. The fraction of sp³-hybridized carbons (Fsp3) is 0.460. The van der Waals surface area contributed by atoms with E-state index in [0.29, 0.717) is 108 Å². The van der Waals surface area contributed by atoms with E-state index in [2.05, 4.69) is 41.1 Å². The number of aromatic nitrogens is 3. The maximum Gasteiger partial charge on any atom is 0.266 e. The highest BCUT2D eigenvalue weighted by atomic mass is 16.5. The average Bonchev–Trinajstić information content (AvgIpc) is 1.80. The number of pyridine rings is 1. The second-order valence-corrected chi connectivity index (χ2v) is 22.5. The number of hydrogen-bond donors (Lipinski definition) is 5. The van der Waals surface area contributed by atoms with E-state index in [1.165, 1.54) is 41.4 Å². The predicted molar refractivity (Wildman–Crippen MR) is 315 cm³/mol. The molecule has 9 amide bonds. The number of fused-ring (bicyclic) bond motifs is 1. The molecule has 1 unspecified atom stereocenters. The minimum atomic E-state index is -1.15. The molecule has 2 atom stereocenters. The summed E-state index contributed by atoms with van der Waals surface area (Å²) in [5.41, 5.74) is 9.96. The summed E-state index contributed by atoms with van der Waals surface area (Å²) in [5, 5.41) is 11.1. The first-order valence-electron chi connectivity index (χ1n) is 30.0. The van der Waals surface area contributed by atoms with Crippen LogP contribution in [0, 0.1) is 11.8 Å². The van der Waals surface area contributed by atoms with E-state index in [4.69, 9.17) is 15.2 Å².